The lowest BCUT2D eigenvalue weighted by Crippen LogP contribution is -2.39. The number of benzene rings is 1. The molecule has 5 rings (SSSR count). The van der Waals surface area contributed by atoms with E-state index < -0.39 is 0 Å². The third kappa shape index (κ3) is 4.36. The van der Waals surface area contributed by atoms with Gasteiger partial charge in [0.2, 0.25) is 0 Å². The van der Waals surface area contributed by atoms with Gasteiger partial charge in [-0.2, -0.15) is 0 Å². The molecule has 1 N–H and O–H groups in total. The number of carbonyl (C=O) groups is 1. The van der Waals surface area contributed by atoms with Gasteiger partial charge in [0.25, 0.3) is 5.91 Å². The molecule has 3 heterocycles. The number of pyridine rings is 1. The maximum absolute atomic E-state index is 13.7. The largest absolute Gasteiger partial charge is 0.465 e. The molecule has 0 saturated carbocycles. The predicted molar refractivity (Wildman–Crippen MR) is 129 cm³/mol. The molecule has 0 radical (unpaired) electrons. The summed E-state index contributed by atoms with van der Waals surface area (Å²) in [4.78, 5) is 20.6. The molecule has 0 bridgehead atoms. The Hall–Kier alpha value is -2.34. The average molecular weight is 460 g/mol. The normalized spacial score (nSPS) is 18.9. The molecule has 2 aromatic heterocycles. The maximum atomic E-state index is 13.7. The van der Waals surface area contributed by atoms with Crippen molar-refractivity contribution in [3.63, 3.8) is 0 Å². The van der Waals surface area contributed by atoms with E-state index in [1.54, 1.807) is 6.26 Å². The highest BCUT2D eigenvalue weighted by Gasteiger charge is 2.30. The SMILES string of the molecule is CN(C(=O)c1c2c(nc3ccccc13)/C(=C\c1ccco1)CCC2)C1CCNC1.Cl.Cl. The summed E-state index contributed by atoms with van der Waals surface area (Å²) in [5.74, 6) is 0.928. The Labute approximate surface area is 194 Å². The number of carbonyl (C=O) groups excluding carboxylic acids is 1. The number of likely N-dealkylation sites (N-methyl/N-ethyl adjacent to an activating group) is 1. The second-order valence-electron chi connectivity index (χ2n) is 7.93. The molecule has 2 aliphatic rings. The van der Waals surface area contributed by atoms with Crippen molar-refractivity contribution >= 4 is 53.3 Å². The number of furan rings is 1. The lowest BCUT2D eigenvalue weighted by atomic mass is 9.85. The van der Waals surface area contributed by atoms with Crippen molar-refractivity contribution in [1.82, 2.24) is 15.2 Å². The highest BCUT2D eigenvalue weighted by Crippen LogP contribution is 2.36. The molecule has 1 atom stereocenters. The summed E-state index contributed by atoms with van der Waals surface area (Å²) in [7, 11) is 1.93. The van der Waals surface area contributed by atoms with E-state index in [9.17, 15) is 4.79 Å². The second-order valence-corrected chi connectivity index (χ2v) is 7.93. The van der Waals surface area contributed by atoms with Gasteiger partial charge in [0, 0.05) is 25.0 Å². The Morgan fingerprint density at radius 2 is 2.03 bits per heavy atom. The van der Waals surface area contributed by atoms with Gasteiger partial charge in [0.15, 0.2) is 0 Å². The molecular weight excluding hydrogens is 433 g/mol. The van der Waals surface area contributed by atoms with Gasteiger partial charge in [-0.25, -0.2) is 4.98 Å². The average Bonchev–Trinajstić information content (AvgIpc) is 3.46. The van der Waals surface area contributed by atoms with Crippen LogP contribution in [0.4, 0.5) is 0 Å². The quantitative estimate of drug-likeness (QED) is 0.599. The zero-order valence-electron chi connectivity index (χ0n) is 17.5. The van der Waals surface area contributed by atoms with Crippen molar-refractivity contribution in [2.24, 2.45) is 0 Å². The van der Waals surface area contributed by atoms with Crippen molar-refractivity contribution in [3.05, 3.63) is 65.2 Å². The smallest absolute Gasteiger partial charge is 0.254 e. The van der Waals surface area contributed by atoms with Gasteiger partial charge in [-0.1, -0.05) is 18.2 Å². The molecule has 5 nitrogen and oxygen atoms in total. The fourth-order valence-electron chi connectivity index (χ4n) is 4.58. The van der Waals surface area contributed by atoms with Crippen LogP contribution >= 0.6 is 24.8 Å². The first-order valence-corrected chi connectivity index (χ1v) is 10.4. The van der Waals surface area contributed by atoms with Crippen molar-refractivity contribution in [2.75, 3.05) is 20.1 Å². The number of amides is 1. The first-order valence-electron chi connectivity index (χ1n) is 10.4. The topological polar surface area (TPSA) is 58.4 Å². The zero-order chi connectivity index (χ0) is 19.8. The number of rotatable bonds is 3. The summed E-state index contributed by atoms with van der Waals surface area (Å²) in [6.45, 7) is 1.82. The Kier molecular flexibility index (Phi) is 7.42. The van der Waals surface area contributed by atoms with Crippen LogP contribution in [0, 0.1) is 0 Å². The molecule has 31 heavy (non-hydrogen) atoms. The lowest BCUT2D eigenvalue weighted by molar-refractivity contribution is 0.0744. The van der Waals surface area contributed by atoms with Gasteiger partial charge in [-0.3, -0.25) is 4.79 Å². The van der Waals surface area contributed by atoms with Gasteiger partial charge in [0.1, 0.15) is 5.76 Å². The molecule has 1 amide bonds. The fraction of sp³-hybridized carbons (Fsp3) is 0.333. The second kappa shape index (κ2) is 9.86. The van der Waals surface area contributed by atoms with E-state index >= 15 is 0 Å². The van der Waals surface area contributed by atoms with Gasteiger partial charge < -0.3 is 14.6 Å². The van der Waals surface area contributed by atoms with E-state index in [1.165, 1.54) is 0 Å². The highest BCUT2D eigenvalue weighted by molar-refractivity contribution is 6.09. The molecule has 3 aromatic rings. The van der Waals surface area contributed by atoms with E-state index in [0.717, 1.165) is 77.8 Å². The standard InChI is InChI=1S/C24H25N3O2.2ClH/c1-27(17-11-12-25-15-17)24(28)22-19-8-2-3-10-21(19)26-23-16(6-4-9-20(22)23)14-18-7-5-13-29-18;;/h2-3,5,7-8,10,13-14,17,25H,4,6,9,11-12,15H2,1H3;2*1H/b16-14-;;. The Morgan fingerprint density at radius 3 is 2.77 bits per heavy atom. The molecular formula is C24H27Cl2N3O2. The predicted octanol–water partition coefficient (Wildman–Crippen LogP) is 4.98. The van der Waals surface area contributed by atoms with E-state index in [2.05, 4.69) is 11.4 Å². The summed E-state index contributed by atoms with van der Waals surface area (Å²) in [5, 5.41) is 4.32. The minimum absolute atomic E-state index is 0. The summed E-state index contributed by atoms with van der Waals surface area (Å²) >= 11 is 0. The van der Waals surface area contributed by atoms with Crippen LogP contribution < -0.4 is 5.32 Å². The monoisotopic (exact) mass is 459 g/mol. The van der Waals surface area contributed by atoms with Crippen LogP contribution in [0.25, 0.3) is 22.6 Å². The summed E-state index contributed by atoms with van der Waals surface area (Å²) in [6.07, 6.45) is 7.57. The Bertz CT molecular complexity index is 1090. The lowest BCUT2D eigenvalue weighted by Gasteiger charge is -2.28. The van der Waals surface area contributed by atoms with Gasteiger partial charge in [-0.05, 0) is 67.6 Å². The van der Waals surface area contributed by atoms with Crippen molar-refractivity contribution < 1.29 is 9.21 Å². The van der Waals surface area contributed by atoms with Crippen molar-refractivity contribution in [3.8, 4) is 0 Å². The van der Waals surface area contributed by atoms with Crippen LogP contribution in [0.5, 0.6) is 0 Å². The fourth-order valence-corrected chi connectivity index (χ4v) is 4.58. The van der Waals surface area contributed by atoms with Crippen LogP contribution in [0.3, 0.4) is 0 Å². The Morgan fingerprint density at radius 1 is 1.19 bits per heavy atom. The third-order valence-corrected chi connectivity index (χ3v) is 6.15. The van der Waals surface area contributed by atoms with Crippen LogP contribution in [-0.2, 0) is 6.42 Å². The molecule has 1 fully saturated rings. The molecule has 0 spiro atoms. The molecule has 1 aromatic carbocycles. The van der Waals surface area contributed by atoms with E-state index in [4.69, 9.17) is 9.40 Å². The van der Waals surface area contributed by atoms with Crippen LogP contribution in [0.1, 0.15) is 46.6 Å². The van der Waals surface area contributed by atoms with Crippen molar-refractivity contribution in [2.45, 2.75) is 31.7 Å². The number of allylic oxidation sites excluding steroid dienone is 1. The molecule has 1 aliphatic heterocycles. The van der Waals surface area contributed by atoms with Gasteiger partial charge in [0.05, 0.1) is 23.0 Å². The van der Waals surface area contributed by atoms with E-state index in [1.807, 2.05) is 48.3 Å². The first kappa shape index (κ1) is 23.3. The number of para-hydroxylation sites is 1. The number of nitrogens with one attached hydrogen (secondary N) is 1. The highest BCUT2D eigenvalue weighted by atomic mass is 35.5. The number of fused-ring (bicyclic) bond motifs is 2. The number of halogens is 2. The van der Waals surface area contributed by atoms with E-state index in [-0.39, 0.29) is 36.8 Å². The summed E-state index contributed by atoms with van der Waals surface area (Å²) in [5.41, 5.74) is 4.87. The number of hydrogen-bond acceptors (Lipinski definition) is 4. The summed E-state index contributed by atoms with van der Waals surface area (Å²) < 4.78 is 5.54. The minimum Gasteiger partial charge on any atom is -0.465 e. The van der Waals surface area contributed by atoms with Gasteiger partial charge >= 0.3 is 0 Å². The first-order chi connectivity index (χ1) is 14.2. The van der Waals surface area contributed by atoms with Gasteiger partial charge in [-0.15, -0.1) is 24.8 Å². The molecule has 1 saturated heterocycles. The molecule has 164 valence electrons. The number of aromatic nitrogens is 1. The van der Waals surface area contributed by atoms with E-state index in [0.29, 0.717) is 0 Å². The van der Waals surface area contributed by atoms with Crippen LogP contribution in [0.15, 0.2) is 47.1 Å². The Balaban J connectivity index is 0.00000136. The van der Waals surface area contributed by atoms with Crippen LogP contribution in [-0.4, -0.2) is 42.0 Å². The maximum Gasteiger partial charge on any atom is 0.254 e. The third-order valence-electron chi connectivity index (χ3n) is 6.15. The molecule has 1 aliphatic carbocycles. The van der Waals surface area contributed by atoms with Crippen molar-refractivity contribution in [1.29, 1.82) is 0 Å². The number of hydrogen-bond donors (Lipinski definition) is 1. The molecule has 7 heteroatoms. The van der Waals surface area contributed by atoms with Crippen LogP contribution in [0.2, 0.25) is 0 Å². The minimum atomic E-state index is 0. The molecule has 1 unspecified atom stereocenters. The zero-order valence-corrected chi connectivity index (χ0v) is 19.1. The number of nitrogens with zero attached hydrogens (tertiary/aromatic N) is 2. The summed E-state index contributed by atoms with van der Waals surface area (Å²) in [6, 6.07) is 12.1.